The summed E-state index contributed by atoms with van der Waals surface area (Å²) in [6.45, 7) is 1.68. The van der Waals surface area contributed by atoms with Gasteiger partial charge in [-0.05, 0) is 31.5 Å². The maximum atomic E-state index is 13.6. The van der Waals surface area contributed by atoms with Gasteiger partial charge in [-0.1, -0.05) is 6.07 Å². The molecular weight excluding hydrogens is 250 g/mol. The van der Waals surface area contributed by atoms with Gasteiger partial charge in [-0.2, -0.15) is 0 Å². The van der Waals surface area contributed by atoms with E-state index in [0.717, 1.165) is 19.5 Å². The molecule has 0 radical (unpaired) electrons. The number of nitrogens with one attached hydrogen (secondary N) is 2. The molecule has 3 nitrogen and oxygen atoms in total. The first-order valence-corrected chi connectivity index (χ1v) is 6.62. The van der Waals surface area contributed by atoms with Crippen LogP contribution in [0.4, 0.5) is 8.78 Å². The minimum Gasteiger partial charge on any atom is -0.352 e. The van der Waals surface area contributed by atoms with E-state index in [-0.39, 0.29) is 29.3 Å². The molecule has 102 valence electrons. The Morgan fingerprint density at radius 3 is 2.68 bits per heavy atom. The summed E-state index contributed by atoms with van der Waals surface area (Å²) >= 11 is 0. The van der Waals surface area contributed by atoms with Gasteiger partial charge in [-0.3, -0.25) is 4.79 Å². The van der Waals surface area contributed by atoms with E-state index in [9.17, 15) is 13.6 Å². The monoisotopic (exact) mass is 266 g/mol. The lowest BCUT2D eigenvalue weighted by atomic mass is 10.1. The Morgan fingerprint density at radius 2 is 2.05 bits per heavy atom. The lowest BCUT2D eigenvalue weighted by Crippen LogP contribution is -2.37. The third-order valence-electron chi connectivity index (χ3n) is 3.90. The number of hydrogen-bond donors (Lipinski definition) is 2. The Morgan fingerprint density at radius 1 is 1.32 bits per heavy atom. The van der Waals surface area contributed by atoms with Gasteiger partial charge in [0.15, 0.2) is 0 Å². The van der Waals surface area contributed by atoms with E-state index in [2.05, 4.69) is 10.6 Å². The fourth-order valence-corrected chi connectivity index (χ4v) is 2.75. The van der Waals surface area contributed by atoms with Crippen molar-refractivity contribution < 1.29 is 13.6 Å². The highest BCUT2D eigenvalue weighted by atomic mass is 19.1. The van der Waals surface area contributed by atoms with E-state index in [4.69, 9.17) is 0 Å². The quantitative estimate of drug-likeness (QED) is 0.871. The van der Waals surface area contributed by atoms with Gasteiger partial charge in [0.1, 0.15) is 11.6 Å². The molecule has 1 heterocycles. The van der Waals surface area contributed by atoms with Gasteiger partial charge in [-0.25, -0.2) is 8.78 Å². The summed E-state index contributed by atoms with van der Waals surface area (Å²) in [7, 11) is 0. The molecule has 3 atom stereocenters. The summed E-state index contributed by atoms with van der Waals surface area (Å²) < 4.78 is 27.2. The largest absolute Gasteiger partial charge is 0.352 e. The predicted octanol–water partition coefficient (Wildman–Crippen LogP) is 1.55. The van der Waals surface area contributed by atoms with E-state index < -0.39 is 11.6 Å². The molecule has 1 aromatic rings. The van der Waals surface area contributed by atoms with Crippen LogP contribution in [0.2, 0.25) is 0 Å². The second-order valence-corrected chi connectivity index (χ2v) is 5.28. The number of rotatable bonds is 3. The minimum atomic E-state index is -0.553. The molecule has 3 rings (SSSR count). The van der Waals surface area contributed by atoms with Crippen molar-refractivity contribution in [2.45, 2.75) is 24.8 Å². The smallest absolute Gasteiger partial charge is 0.224 e. The van der Waals surface area contributed by atoms with Gasteiger partial charge >= 0.3 is 0 Å². The van der Waals surface area contributed by atoms with Crippen LogP contribution in [0.5, 0.6) is 0 Å². The van der Waals surface area contributed by atoms with Crippen molar-refractivity contribution in [3.05, 3.63) is 35.4 Å². The van der Waals surface area contributed by atoms with Crippen LogP contribution in [0.3, 0.4) is 0 Å². The molecule has 0 spiro atoms. The van der Waals surface area contributed by atoms with Crippen molar-refractivity contribution in [2.75, 3.05) is 13.1 Å². The fraction of sp³-hybridized carbons (Fsp3) is 0.500. The first-order valence-electron chi connectivity index (χ1n) is 6.62. The van der Waals surface area contributed by atoms with E-state index in [0.29, 0.717) is 6.42 Å². The second kappa shape index (κ2) is 4.89. The molecule has 1 amide bonds. The Bertz CT molecular complexity index is 480. The Hall–Kier alpha value is -1.49. The third-order valence-corrected chi connectivity index (χ3v) is 3.90. The van der Waals surface area contributed by atoms with Crippen LogP contribution in [0.25, 0.3) is 0 Å². The van der Waals surface area contributed by atoms with Gasteiger partial charge in [-0.15, -0.1) is 0 Å². The summed E-state index contributed by atoms with van der Waals surface area (Å²) in [5, 5.41) is 6.10. The molecule has 3 unspecified atom stereocenters. The average Bonchev–Trinajstić information content (AvgIpc) is 2.98. The summed E-state index contributed by atoms with van der Waals surface area (Å²) in [6, 6.07) is 3.98. The van der Waals surface area contributed by atoms with Crippen molar-refractivity contribution >= 4 is 5.91 Å². The maximum absolute atomic E-state index is 13.6. The van der Waals surface area contributed by atoms with Gasteiger partial charge < -0.3 is 10.6 Å². The molecule has 1 saturated carbocycles. The molecule has 0 aromatic heterocycles. The molecule has 0 bridgehead atoms. The zero-order chi connectivity index (χ0) is 13.4. The van der Waals surface area contributed by atoms with Gasteiger partial charge in [0, 0.05) is 30.0 Å². The molecule has 2 N–H and O–H groups in total. The highest BCUT2D eigenvalue weighted by Gasteiger charge is 2.47. The molecule has 1 aliphatic heterocycles. The van der Waals surface area contributed by atoms with Crippen LogP contribution in [0.15, 0.2) is 18.2 Å². The Labute approximate surface area is 110 Å². The Balaban J connectivity index is 1.65. The first-order chi connectivity index (χ1) is 9.16. The van der Waals surface area contributed by atoms with Crippen LogP contribution in [-0.2, 0) is 4.79 Å². The number of benzene rings is 1. The standard InChI is InChI=1S/C14H16F2N2O/c15-11-2-1-3-12(16)13(11)9-6-10(9)14(19)18-8-4-5-17-7-8/h1-3,8-10,17H,4-7H2,(H,18,19). The zero-order valence-electron chi connectivity index (χ0n) is 10.5. The third kappa shape index (κ3) is 2.47. The lowest BCUT2D eigenvalue weighted by molar-refractivity contribution is -0.123. The summed E-state index contributed by atoms with van der Waals surface area (Å²) in [5.74, 6) is -1.78. The van der Waals surface area contributed by atoms with Crippen molar-refractivity contribution in [3.63, 3.8) is 0 Å². The summed E-state index contributed by atoms with van der Waals surface area (Å²) in [4.78, 5) is 12.0. The van der Waals surface area contributed by atoms with Gasteiger partial charge in [0.2, 0.25) is 5.91 Å². The molecule has 1 aromatic carbocycles. The van der Waals surface area contributed by atoms with E-state index in [1.807, 2.05) is 0 Å². The molecule has 1 saturated heterocycles. The highest BCUT2D eigenvalue weighted by molar-refractivity contribution is 5.83. The molecular formula is C14H16F2N2O. The molecule has 2 aliphatic rings. The van der Waals surface area contributed by atoms with Crippen molar-refractivity contribution in [1.82, 2.24) is 10.6 Å². The summed E-state index contributed by atoms with van der Waals surface area (Å²) in [5.41, 5.74) is 0.0622. The molecule has 2 fully saturated rings. The van der Waals surface area contributed by atoms with Crippen LogP contribution in [0, 0.1) is 17.6 Å². The number of carbonyl (C=O) groups is 1. The van der Waals surface area contributed by atoms with Crippen molar-refractivity contribution in [3.8, 4) is 0 Å². The van der Waals surface area contributed by atoms with Crippen LogP contribution < -0.4 is 10.6 Å². The number of amides is 1. The number of halogens is 2. The lowest BCUT2D eigenvalue weighted by Gasteiger charge is -2.11. The Kier molecular flexibility index (Phi) is 3.22. The fourth-order valence-electron chi connectivity index (χ4n) is 2.75. The van der Waals surface area contributed by atoms with Crippen LogP contribution in [-0.4, -0.2) is 25.0 Å². The van der Waals surface area contributed by atoms with Crippen LogP contribution in [0.1, 0.15) is 24.3 Å². The number of carbonyl (C=O) groups excluding carboxylic acids is 1. The molecule has 1 aliphatic carbocycles. The van der Waals surface area contributed by atoms with E-state index in [1.54, 1.807) is 0 Å². The first kappa shape index (κ1) is 12.5. The minimum absolute atomic E-state index is 0.0622. The van der Waals surface area contributed by atoms with E-state index in [1.165, 1.54) is 18.2 Å². The predicted molar refractivity (Wildman–Crippen MR) is 66.6 cm³/mol. The van der Waals surface area contributed by atoms with E-state index >= 15 is 0 Å². The second-order valence-electron chi connectivity index (χ2n) is 5.28. The maximum Gasteiger partial charge on any atom is 0.224 e. The zero-order valence-corrected chi connectivity index (χ0v) is 10.5. The average molecular weight is 266 g/mol. The molecule has 5 heteroatoms. The topological polar surface area (TPSA) is 41.1 Å². The van der Waals surface area contributed by atoms with Crippen molar-refractivity contribution in [1.29, 1.82) is 0 Å². The SMILES string of the molecule is O=C(NC1CCNC1)C1CC1c1c(F)cccc1F. The summed E-state index contributed by atoms with van der Waals surface area (Å²) in [6.07, 6.45) is 1.45. The van der Waals surface area contributed by atoms with Gasteiger partial charge in [0.25, 0.3) is 0 Å². The van der Waals surface area contributed by atoms with Gasteiger partial charge in [0.05, 0.1) is 0 Å². The van der Waals surface area contributed by atoms with Crippen molar-refractivity contribution in [2.24, 2.45) is 5.92 Å². The van der Waals surface area contributed by atoms with Crippen LogP contribution >= 0.6 is 0 Å². The highest BCUT2D eigenvalue weighted by Crippen LogP contribution is 2.49. The molecule has 19 heavy (non-hydrogen) atoms. The number of hydrogen-bond acceptors (Lipinski definition) is 2. The normalized spacial score (nSPS) is 29.3.